The number of nitrogens with zero attached hydrogens (tertiary/aromatic N) is 3. The minimum atomic E-state index is -0.245. The Morgan fingerprint density at radius 3 is 3.00 bits per heavy atom. The molecule has 1 N–H and O–H groups in total. The van der Waals surface area contributed by atoms with Crippen molar-refractivity contribution in [3.05, 3.63) is 51.1 Å². The summed E-state index contributed by atoms with van der Waals surface area (Å²) in [6, 6.07) is 5.78. The molecule has 0 atom stereocenters. The Hall–Kier alpha value is -2.13. The van der Waals surface area contributed by atoms with E-state index in [4.69, 9.17) is 6.42 Å². The number of terminal acetylenes is 1. The van der Waals surface area contributed by atoms with Crippen molar-refractivity contribution in [3.8, 4) is 12.3 Å². The first-order valence-corrected chi connectivity index (χ1v) is 6.84. The second-order valence-electron chi connectivity index (χ2n) is 4.04. The van der Waals surface area contributed by atoms with Crippen LogP contribution in [0.3, 0.4) is 0 Å². The van der Waals surface area contributed by atoms with Crippen molar-refractivity contribution in [1.29, 1.82) is 0 Å². The summed E-state index contributed by atoms with van der Waals surface area (Å²) in [6.07, 6.45) is 9.28. The van der Waals surface area contributed by atoms with E-state index < -0.39 is 0 Å². The van der Waals surface area contributed by atoms with Gasteiger partial charge in [0.2, 0.25) is 0 Å². The van der Waals surface area contributed by atoms with Crippen LogP contribution in [0.5, 0.6) is 0 Å². The quantitative estimate of drug-likeness (QED) is 0.846. The van der Waals surface area contributed by atoms with Crippen LogP contribution in [0.4, 0.5) is 5.69 Å². The lowest BCUT2D eigenvalue weighted by molar-refractivity contribution is 0.659. The Labute approximate surface area is 125 Å². The van der Waals surface area contributed by atoms with Gasteiger partial charge in [0.15, 0.2) is 0 Å². The molecule has 5 nitrogen and oxygen atoms in total. The molecule has 0 aliphatic rings. The molecule has 0 spiro atoms. The zero-order valence-corrected chi connectivity index (χ0v) is 12.3. The van der Waals surface area contributed by atoms with Crippen LogP contribution in [0.2, 0.25) is 0 Å². The second kappa shape index (κ2) is 6.87. The van der Waals surface area contributed by atoms with E-state index in [1.54, 1.807) is 12.4 Å². The molecule has 0 amide bonds. The average molecular weight is 333 g/mol. The Kier molecular flexibility index (Phi) is 4.91. The summed E-state index contributed by atoms with van der Waals surface area (Å²) in [5.41, 5.74) is 1.40. The lowest BCUT2D eigenvalue weighted by Crippen LogP contribution is -2.24. The zero-order chi connectivity index (χ0) is 14.4. The molecule has 0 aliphatic heterocycles. The van der Waals surface area contributed by atoms with Crippen LogP contribution in [-0.2, 0) is 13.0 Å². The van der Waals surface area contributed by atoms with Crippen LogP contribution in [-0.4, -0.2) is 21.3 Å². The molecule has 0 unspecified atom stereocenters. The smallest absolute Gasteiger partial charge is 0.284 e. The summed E-state index contributed by atoms with van der Waals surface area (Å²) in [6.45, 7) is 0.821. The van der Waals surface area contributed by atoms with E-state index in [1.807, 2.05) is 18.2 Å². The number of rotatable bonds is 5. The number of hydrogen-bond donors (Lipinski definition) is 1. The van der Waals surface area contributed by atoms with Crippen molar-refractivity contribution in [3.63, 3.8) is 0 Å². The minimum absolute atomic E-state index is 0.158. The molecule has 2 heterocycles. The number of hydrogen-bond acceptors (Lipinski definition) is 4. The summed E-state index contributed by atoms with van der Waals surface area (Å²) < 4.78 is 1.66. The first kappa shape index (κ1) is 14.3. The molecular weight excluding hydrogens is 320 g/mol. The van der Waals surface area contributed by atoms with Gasteiger partial charge in [-0.2, -0.15) is 5.10 Å². The fourth-order valence-corrected chi connectivity index (χ4v) is 2.11. The van der Waals surface area contributed by atoms with Crippen molar-refractivity contribution < 1.29 is 0 Å². The van der Waals surface area contributed by atoms with Crippen LogP contribution >= 0.6 is 15.9 Å². The molecule has 0 radical (unpaired) electrons. The van der Waals surface area contributed by atoms with Gasteiger partial charge in [-0.05, 0) is 28.1 Å². The molecule has 0 fully saturated rings. The first-order valence-electron chi connectivity index (χ1n) is 6.05. The highest BCUT2D eigenvalue weighted by Crippen LogP contribution is 2.15. The lowest BCUT2D eigenvalue weighted by Gasteiger charge is -2.09. The van der Waals surface area contributed by atoms with Gasteiger partial charge in [-0.3, -0.25) is 9.78 Å². The van der Waals surface area contributed by atoms with Crippen LogP contribution in [0.1, 0.15) is 5.69 Å². The fraction of sp³-hybridized carbons (Fsp3) is 0.214. The Balaban J connectivity index is 2.02. The van der Waals surface area contributed by atoms with Gasteiger partial charge in [0.1, 0.15) is 11.0 Å². The third-order valence-corrected chi connectivity index (χ3v) is 3.42. The fourth-order valence-electron chi connectivity index (χ4n) is 1.66. The molecule has 6 heteroatoms. The highest BCUT2D eigenvalue weighted by molar-refractivity contribution is 9.10. The molecule has 0 saturated carbocycles. The van der Waals surface area contributed by atoms with Gasteiger partial charge in [-0.15, -0.1) is 6.42 Å². The van der Waals surface area contributed by atoms with Crippen LogP contribution in [0, 0.1) is 12.3 Å². The van der Waals surface area contributed by atoms with E-state index in [0.29, 0.717) is 16.7 Å². The molecule has 0 aliphatic carbocycles. The van der Waals surface area contributed by atoms with E-state index in [9.17, 15) is 4.79 Å². The van der Waals surface area contributed by atoms with Crippen molar-refractivity contribution in [1.82, 2.24) is 14.8 Å². The third kappa shape index (κ3) is 3.45. The minimum Gasteiger partial charge on any atom is -0.382 e. The average Bonchev–Trinajstić information content (AvgIpc) is 2.48. The largest absolute Gasteiger partial charge is 0.382 e. The van der Waals surface area contributed by atoms with E-state index in [-0.39, 0.29) is 12.1 Å². The summed E-state index contributed by atoms with van der Waals surface area (Å²) in [4.78, 5) is 16.2. The van der Waals surface area contributed by atoms with Crippen LogP contribution in [0.25, 0.3) is 0 Å². The molecular formula is C14H13BrN4O. The number of nitrogens with one attached hydrogen (secondary N) is 1. The number of anilines is 1. The van der Waals surface area contributed by atoms with Gasteiger partial charge in [-0.1, -0.05) is 12.0 Å². The normalized spacial score (nSPS) is 10.0. The summed E-state index contributed by atoms with van der Waals surface area (Å²) >= 11 is 3.27. The van der Waals surface area contributed by atoms with E-state index in [1.165, 1.54) is 4.68 Å². The molecule has 2 aromatic heterocycles. The summed E-state index contributed by atoms with van der Waals surface area (Å²) in [7, 11) is 0. The summed E-state index contributed by atoms with van der Waals surface area (Å²) in [5.74, 6) is 2.39. The van der Waals surface area contributed by atoms with Crippen molar-refractivity contribution in [2.24, 2.45) is 0 Å². The monoisotopic (exact) mass is 332 g/mol. The first-order chi connectivity index (χ1) is 9.72. The van der Waals surface area contributed by atoms with Crippen LogP contribution < -0.4 is 10.9 Å². The second-order valence-corrected chi connectivity index (χ2v) is 4.83. The van der Waals surface area contributed by atoms with Crippen molar-refractivity contribution >= 4 is 21.6 Å². The molecule has 102 valence electrons. The van der Waals surface area contributed by atoms with Gasteiger partial charge in [0.25, 0.3) is 5.56 Å². The number of halogens is 1. The Bertz CT molecular complexity index is 676. The van der Waals surface area contributed by atoms with E-state index in [2.05, 4.69) is 37.2 Å². The predicted molar refractivity (Wildman–Crippen MR) is 81.5 cm³/mol. The standard InChI is InChI=1S/C14H13BrN4O/c1-2-9-19-14(20)13(15)12(10-18-19)17-8-6-11-5-3-4-7-16-11/h1,3-5,7,10,17H,6,8-9H2. The maximum atomic E-state index is 11.9. The Morgan fingerprint density at radius 1 is 1.45 bits per heavy atom. The molecule has 2 aromatic rings. The predicted octanol–water partition coefficient (Wildman–Crippen LogP) is 1.69. The molecule has 20 heavy (non-hydrogen) atoms. The van der Waals surface area contributed by atoms with E-state index >= 15 is 0 Å². The van der Waals surface area contributed by atoms with Gasteiger partial charge < -0.3 is 5.32 Å². The number of aromatic nitrogens is 3. The maximum Gasteiger partial charge on any atom is 0.284 e. The highest BCUT2D eigenvalue weighted by atomic mass is 79.9. The van der Waals surface area contributed by atoms with Gasteiger partial charge in [0, 0.05) is 24.9 Å². The molecule has 0 bridgehead atoms. The van der Waals surface area contributed by atoms with Crippen molar-refractivity contribution in [2.75, 3.05) is 11.9 Å². The molecule has 2 rings (SSSR count). The van der Waals surface area contributed by atoms with Gasteiger partial charge in [-0.25, -0.2) is 4.68 Å². The highest BCUT2D eigenvalue weighted by Gasteiger charge is 2.07. The summed E-state index contributed by atoms with van der Waals surface area (Å²) in [5, 5.41) is 7.17. The molecule has 0 aromatic carbocycles. The van der Waals surface area contributed by atoms with Crippen LogP contribution in [0.15, 0.2) is 39.9 Å². The molecule has 0 saturated heterocycles. The topological polar surface area (TPSA) is 59.8 Å². The van der Waals surface area contributed by atoms with Gasteiger partial charge >= 0.3 is 0 Å². The number of pyridine rings is 1. The van der Waals surface area contributed by atoms with Crippen molar-refractivity contribution in [2.45, 2.75) is 13.0 Å². The van der Waals surface area contributed by atoms with Gasteiger partial charge in [0.05, 0.1) is 11.9 Å². The SMILES string of the molecule is C#CCn1ncc(NCCc2ccccn2)c(Br)c1=O. The maximum absolute atomic E-state index is 11.9. The third-order valence-electron chi connectivity index (χ3n) is 2.65. The van der Waals surface area contributed by atoms with E-state index in [0.717, 1.165) is 12.1 Å². The zero-order valence-electron chi connectivity index (χ0n) is 10.7. The Morgan fingerprint density at radius 2 is 2.30 bits per heavy atom. The lowest BCUT2D eigenvalue weighted by atomic mass is 10.2.